The first-order valence-electron chi connectivity index (χ1n) is 6.77. The quantitative estimate of drug-likeness (QED) is 0.633. The number of nitro benzene ring substituents is 1. The molecule has 1 saturated heterocycles. The van der Waals surface area contributed by atoms with Crippen molar-refractivity contribution in [3.05, 3.63) is 38.9 Å². The molecule has 0 spiro atoms. The number of hydrogen-bond donors (Lipinski definition) is 0. The van der Waals surface area contributed by atoms with E-state index in [4.69, 9.17) is 16.3 Å². The van der Waals surface area contributed by atoms with Gasteiger partial charge in [0.2, 0.25) is 0 Å². The molecule has 0 unspecified atom stereocenters. The number of hydrogen-bond acceptors (Lipinski definition) is 4. The summed E-state index contributed by atoms with van der Waals surface area (Å²) in [5, 5.41) is 10.8. The topological polar surface area (TPSA) is 72.7 Å². The average Bonchev–Trinajstić information content (AvgIpc) is 2.47. The zero-order valence-electron chi connectivity index (χ0n) is 11.8. The van der Waals surface area contributed by atoms with Crippen LogP contribution in [0.1, 0.15) is 23.2 Å². The Hall–Kier alpha value is -1.66. The molecule has 114 valence electrons. The van der Waals surface area contributed by atoms with E-state index in [0.717, 1.165) is 12.8 Å². The largest absolute Gasteiger partial charge is 0.381 e. The van der Waals surface area contributed by atoms with Crippen LogP contribution < -0.4 is 0 Å². The van der Waals surface area contributed by atoms with Crippen LogP contribution in [-0.4, -0.2) is 42.5 Å². The Kier molecular flexibility index (Phi) is 5.14. The Morgan fingerprint density at radius 3 is 2.76 bits per heavy atom. The normalized spacial score (nSPS) is 15.7. The third-order valence-electron chi connectivity index (χ3n) is 3.63. The fourth-order valence-electron chi connectivity index (χ4n) is 2.43. The first-order valence-corrected chi connectivity index (χ1v) is 7.14. The van der Waals surface area contributed by atoms with Crippen LogP contribution in [0.5, 0.6) is 0 Å². The van der Waals surface area contributed by atoms with E-state index in [0.29, 0.717) is 25.7 Å². The molecule has 0 atom stereocenters. The van der Waals surface area contributed by atoms with E-state index in [1.165, 1.54) is 18.2 Å². The van der Waals surface area contributed by atoms with Gasteiger partial charge in [0.25, 0.3) is 11.6 Å². The maximum atomic E-state index is 12.4. The Labute approximate surface area is 127 Å². The fourth-order valence-corrected chi connectivity index (χ4v) is 2.71. The lowest BCUT2D eigenvalue weighted by molar-refractivity contribution is -0.384. The summed E-state index contributed by atoms with van der Waals surface area (Å²) in [6.45, 7) is 2.02. The van der Waals surface area contributed by atoms with Crippen LogP contribution in [0.3, 0.4) is 0 Å². The van der Waals surface area contributed by atoms with Crippen LogP contribution >= 0.6 is 11.6 Å². The Bertz CT molecular complexity index is 544. The van der Waals surface area contributed by atoms with Crippen molar-refractivity contribution in [2.75, 3.05) is 26.8 Å². The summed E-state index contributed by atoms with van der Waals surface area (Å²) in [5.41, 5.74) is -0.0811. The smallest absolute Gasteiger partial charge is 0.288 e. The van der Waals surface area contributed by atoms with Crippen LogP contribution in [0.4, 0.5) is 5.69 Å². The second-order valence-corrected chi connectivity index (χ2v) is 5.52. The molecule has 0 aliphatic carbocycles. The van der Waals surface area contributed by atoms with Crippen molar-refractivity contribution >= 4 is 23.2 Å². The molecule has 1 aliphatic rings. The number of rotatable bonds is 4. The standard InChI is InChI=1S/C14H17ClN2O4/c1-16(9-10-5-7-21-8-6-10)14(18)11-3-2-4-12(13(11)15)17(19)20/h2-4,10H,5-9H2,1H3. The highest BCUT2D eigenvalue weighted by atomic mass is 35.5. The van der Waals surface area contributed by atoms with E-state index in [1.54, 1.807) is 11.9 Å². The van der Waals surface area contributed by atoms with Crippen LogP contribution in [-0.2, 0) is 4.74 Å². The summed E-state index contributed by atoms with van der Waals surface area (Å²) in [7, 11) is 1.69. The van der Waals surface area contributed by atoms with E-state index in [2.05, 4.69) is 0 Å². The van der Waals surface area contributed by atoms with Gasteiger partial charge in [-0.15, -0.1) is 0 Å². The van der Waals surface area contributed by atoms with Crippen molar-refractivity contribution in [3.8, 4) is 0 Å². The first-order chi connectivity index (χ1) is 10.0. The van der Waals surface area contributed by atoms with E-state index in [-0.39, 0.29) is 22.2 Å². The van der Waals surface area contributed by atoms with Gasteiger partial charge < -0.3 is 9.64 Å². The number of ether oxygens (including phenoxy) is 1. The summed E-state index contributed by atoms with van der Waals surface area (Å²) in [6, 6.07) is 4.27. The number of carbonyl (C=O) groups excluding carboxylic acids is 1. The van der Waals surface area contributed by atoms with Gasteiger partial charge in [0.15, 0.2) is 0 Å². The van der Waals surface area contributed by atoms with E-state index < -0.39 is 4.92 Å². The number of nitrogens with zero attached hydrogens (tertiary/aromatic N) is 2. The molecule has 1 aromatic rings. The third kappa shape index (κ3) is 3.71. The Morgan fingerprint density at radius 2 is 2.14 bits per heavy atom. The Morgan fingerprint density at radius 1 is 1.48 bits per heavy atom. The molecule has 0 bridgehead atoms. The van der Waals surface area contributed by atoms with Crippen molar-refractivity contribution in [1.82, 2.24) is 4.90 Å². The Balaban J connectivity index is 2.11. The molecule has 1 heterocycles. The second kappa shape index (κ2) is 6.87. The molecule has 1 aliphatic heterocycles. The monoisotopic (exact) mass is 312 g/mol. The van der Waals surface area contributed by atoms with E-state index in [9.17, 15) is 14.9 Å². The minimum atomic E-state index is -0.586. The minimum absolute atomic E-state index is 0.105. The first kappa shape index (κ1) is 15.7. The maximum Gasteiger partial charge on any atom is 0.288 e. The molecule has 0 saturated carbocycles. The van der Waals surface area contributed by atoms with Gasteiger partial charge in [-0.1, -0.05) is 17.7 Å². The predicted molar refractivity (Wildman–Crippen MR) is 78.6 cm³/mol. The minimum Gasteiger partial charge on any atom is -0.381 e. The highest BCUT2D eigenvalue weighted by Gasteiger charge is 2.24. The lowest BCUT2D eigenvalue weighted by Crippen LogP contribution is -2.34. The lowest BCUT2D eigenvalue weighted by Gasteiger charge is -2.27. The van der Waals surface area contributed by atoms with Crippen LogP contribution in [0.25, 0.3) is 0 Å². The van der Waals surface area contributed by atoms with Crippen molar-refractivity contribution in [2.24, 2.45) is 5.92 Å². The fraction of sp³-hybridized carbons (Fsp3) is 0.500. The van der Waals surface area contributed by atoms with E-state index >= 15 is 0 Å². The maximum absolute atomic E-state index is 12.4. The number of halogens is 1. The van der Waals surface area contributed by atoms with Gasteiger partial charge in [-0.25, -0.2) is 0 Å². The van der Waals surface area contributed by atoms with Gasteiger partial charge in [0.05, 0.1) is 10.5 Å². The second-order valence-electron chi connectivity index (χ2n) is 5.14. The van der Waals surface area contributed by atoms with Crippen molar-refractivity contribution in [1.29, 1.82) is 0 Å². The molecular formula is C14H17ClN2O4. The SMILES string of the molecule is CN(CC1CCOCC1)C(=O)c1cccc([N+](=O)[O-])c1Cl. The number of benzene rings is 1. The van der Waals surface area contributed by atoms with Gasteiger partial charge in [0.1, 0.15) is 5.02 Å². The molecule has 2 rings (SSSR count). The van der Waals surface area contributed by atoms with Crippen LogP contribution in [0.15, 0.2) is 18.2 Å². The van der Waals surface area contributed by atoms with Gasteiger partial charge in [-0.3, -0.25) is 14.9 Å². The molecule has 1 aromatic carbocycles. The van der Waals surface area contributed by atoms with Gasteiger partial charge in [-0.05, 0) is 24.8 Å². The number of carbonyl (C=O) groups is 1. The van der Waals surface area contributed by atoms with Crippen molar-refractivity contribution in [3.63, 3.8) is 0 Å². The molecule has 7 heteroatoms. The summed E-state index contributed by atoms with van der Waals surface area (Å²) >= 11 is 5.98. The lowest BCUT2D eigenvalue weighted by atomic mass is 9.99. The molecule has 1 fully saturated rings. The molecule has 0 radical (unpaired) electrons. The van der Waals surface area contributed by atoms with Gasteiger partial charge >= 0.3 is 0 Å². The summed E-state index contributed by atoms with van der Waals surface area (Å²) < 4.78 is 5.29. The van der Waals surface area contributed by atoms with Crippen molar-refractivity contribution < 1.29 is 14.5 Å². The average molecular weight is 313 g/mol. The van der Waals surface area contributed by atoms with Crippen molar-refractivity contribution in [2.45, 2.75) is 12.8 Å². The highest BCUT2D eigenvalue weighted by molar-refractivity contribution is 6.35. The number of amides is 1. The summed E-state index contributed by atoms with van der Waals surface area (Å²) in [6.07, 6.45) is 1.83. The number of nitro groups is 1. The van der Waals surface area contributed by atoms with Crippen LogP contribution in [0, 0.1) is 16.0 Å². The molecule has 6 nitrogen and oxygen atoms in total. The molecule has 1 amide bonds. The zero-order valence-corrected chi connectivity index (χ0v) is 12.5. The van der Waals surface area contributed by atoms with Gasteiger partial charge in [-0.2, -0.15) is 0 Å². The summed E-state index contributed by atoms with van der Waals surface area (Å²) in [5.74, 6) is 0.0976. The molecule has 0 aromatic heterocycles. The van der Waals surface area contributed by atoms with E-state index in [1.807, 2.05) is 0 Å². The molecule has 21 heavy (non-hydrogen) atoms. The third-order valence-corrected chi connectivity index (χ3v) is 4.02. The molecular weight excluding hydrogens is 296 g/mol. The van der Waals surface area contributed by atoms with Crippen LogP contribution in [0.2, 0.25) is 5.02 Å². The van der Waals surface area contributed by atoms with Gasteiger partial charge in [0, 0.05) is 32.9 Å². The summed E-state index contributed by atoms with van der Waals surface area (Å²) in [4.78, 5) is 24.3. The highest BCUT2D eigenvalue weighted by Crippen LogP contribution is 2.28. The predicted octanol–water partition coefficient (Wildman–Crippen LogP) is 2.75. The molecule has 0 N–H and O–H groups in total. The zero-order chi connectivity index (χ0) is 15.4.